The SMILES string of the molecule is C=CCC(CC(=C)O[Si](C)(C)C)c1ccccc1. The van der Waals surface area contributed by atoms with Crippen LogP contribution in [0, 0.1) is 0 Å². The van der Waals surface area contributed by atoms with Crippen molar-refractivity contribution in [2.24, 2.45) is 0 Å². The molecule has 1 nitrogen and oxygen atoms in total. The molecular weight excluding hydrogens is 236 g/mol. The van der Waals surface area contributed by atoms with E-state index in [1.807, 2.05) is 12.1 Å². The molecule has 18 heavy (non-hydrogen) atoms. The number of hydrogen-bond donors (Lipinski definition) is 0. The van der Waals surface area contributed by atoms with Crippen LogP contribution >= 0.6 is 0 Å². The highest BCUT2D eigenvalue weighted by molar-refractivity contribution is 6.70. The van der Waals surface area contributed by atoms with Crippen molar-refractivity contribution in [1.29, 1.82) is 0 Å². The Hall–Kier alpha value is -1.28. The molecule has 0 radical (unpaired) electrons. The molecular formula is C16H24OSi. The first-order valence-corrected chi connectivity index (χ1v) is 9.86. The standard InChI is InChI=1S/C16H24OSi/c1-6-10-16(15-11-8-7-9-12-15)13-14(2)17-18(3,4)5/h6-9,11-12,16H,1-2,10,13H2,3-5H3. The summed E-state index contributed by atoms with van der Waals surface area (Å²) in [6.07, 6.45) is 3.80. The third-order valence-corrected chi connectivity index (χ3v) is 3.55. The quantitative estimate of drug-likeness (QED) is 0.376. The van der Waals surface area contributed by atoms with Gasteiger partial charge in [-0.25, -0.2) is 0 Å². The van der Waals surface area contributed by atoms with E-state index in [9.17, 15) is 0 Å². The van der Waals surface area contributed by atoms with Gasteiger partial charge in [-0.1, -0.05) is 43.0 Å². The molecule has 98 valence electrons. The lowest BCUT2D eigenvalue weighted by Crippen LogP contribution is -2.25. The molecule has 1 unspecified atom stereocenters. The lowest BCUT2D eigenvalue weighted by molar-refractivity contribution is 0.387. The fourth-order valence-corrected chi connectivity index (χ4v) is 2.96. The molecule has 0 aromatic heterocycles. The monoisotopic (exact) mass is 260 g/mol. The number of rotatable bonds is 7. The van der Waals surface area contributed by atoms with Gasteiger partial charge in [-0.3, -0.25) is 0 Å². The van der Waals surface area contributed by atoms with Crippen LogP contribution in [-0.2, 0) is 4.43 Å². The summed E-state index contributed by atoms with van der Waals surface area (Å²) in [6.45, 7) is 14.5. The molecule has 0 saturated carbocycles. The van der Waals surface area contributed by atoms with Crippen molar-refractivity contribution in [1.82, 2.24) is 0 Å². The summed E-state index contributed by atoms with van der Waals surface area (Å²) in [7, 11) is -1.54. The Kier molecular flexibility index (Phi) is 5.42. The molecule has 0 amide bonds. The molecule has 0 bridgehead atoms. The Morgan fingerprint density at radius 2 is 1.89 bits per heavy atom. The summed E-state index contributed by atoms with van der Waals surface area (Å²) in [6, 6.07) is 10.5. The zero-order valence-corrected chi connectivity index (χ0v) is 12.8. The maximum absolute atomic E-state index is 5.95. The normalized spacial score (nSPS) is 12.8. The third kappa shape index (κ3) is 5.37. The summed E-state index contributed by atoms with van der Waals surface area (Å²) in [4.78, 5) is 0. The lowest BCUT2D eigenvalue weighted by Gasteiger charge is -2.24. The van der Waals surface area contributed by atoms with Gasteiger partial charge >= 0.3 is 0 Å². The minimum absolute atomic E-state index is 0.424. The van der Waals surface area contributed by atoms with Crippen molar-refractivity contribution in [3.63, 3.8) is 0 Å². The molecule has 1 aromatic rings. The fraction of sp³-hybridized carbons (Fsp3) is 0.375. The van der Waals surface area contributed by atoms with E-state index >= 15 is 0 Å². The summed E-state index contributed by atoms with van der Waals surface area (Å²) < 4.78 is 5.95. The third-order valence-electron chi connectivity index (χ3n) is 2.65. The van der Waals surface area contributed by atoms with E-state index in [0.717, 1.165) is 18.6 Å². The second kappa shape index (κ2) is 6.60. The molecule has 0 spiro atoms. The van der Waals surface area contributed by atoms with Crippen molar-refractivity contribution in [3.8, 4) is 0 Å². The van der Waals surface area contributed by atoms with Crippen LogP contribution < -0.4 is 0 Å². The zero-order chi connectivity index (χ0) is 13.6. The Balaban J connectivity index is 2.70. The van der Waals surface area contributed by atoms with Crippen molar-refractivity contribution in [2.45, 2.75) is 38.4 Å². The molecule has 0 aliphatic carbocycles. The molecule has 0 aliphatic heterocycles. The van der Waals surface area contributed by atoms with Crippen LogP contribution in [0.5, 0.6) is 0 Å². The highest BCUT2D eigenvalue weighted by Gasteiger charge is 2.19. The predicted octanol–water partition coefficient (Wildman–Crippen LogP) is 5.10. The van der Waals surface area contributed by atoms with E-state index in [1.165, 1.54) is 5.56 Å². The van der Waals surface area contributed by atoms with Crippen molar-refractivity contribution >= 4 is 8.32 Å². The van der Waals surface area contributed by atoms with Crippen molar-refractivity contribution in [3.05, 3.63) is 60.9 Å². The zero-order valence-electron chi connectivity index (χ0n) is 11.8. The van der Waals surface area contributed by atoms with Crippen LogP contribution in [0.1, 0.15) is 24.3 Å². The summed E-state index contributed by atoms with van der Waals surface area (Å²) in [5, 5.41) is 0. The largest absolute Gasteiger partial charge is 0.548 e. The predicted molar refractivity (Wildman–Crippen MR) is 82.2 cm³/mol. The van der Waals surface area contributed by atoms with E-state index < -0.39 is 8.32 Å². The first kappa shape index (κ1) is 14.8. The fourth-order valence-electron chi connectivity index (χ4n) is 2.01. The first-order chi connectivity index (χ1) is 8.42. The Labute approximate surface area is 112 Å². The van der Waals surface area contributed by atoms with Crippen LogP contribution in [0.25, 0.3) is 0 Å². The molecule has 1 atom stereocenters. The van der Waals surface area contributed by atoms with Crippen molar-refractivity contribution < 1.29 is 4.43 Å². The minimum atomic E-state index is -1.54. The van der Waals surface area contributed by atoms with E-state index in [4.69, 9.17) is 4.43 Å². The van der Waals surface area contributed by atoms with Gasteiger partial charge in [-0.15, -0.1) is 6.58 Å². The van der Waals surface area contributed by atoms with E-state index in [0.29, 0.717) is 5.92 Å². The summed E-state index contributed by atoms with van der Waals surface area (Å²) in [5.74, 6) is 1.33. The Morgan fingerprint density at radius 3 is 2.39 bits per heavy atom. The van der Waals surface area contributed by atoms with Crippen LogP contribution in [0.3, 0.4) is 0 Å². The van der Waals surface area contributed by atoms with Gasteiger partial charge in [0.25, 0.3) is 0 Å². The van der Waals surface area contributed by atoms with Gasteiger partial charge < -0.3 is 4.43 Å². The lowest BCUT2D eigenvalue weighted by atomic mass is 9.92. The van der Waals surface area contributed by atoms with Gasteiger partial charge in [-0.05, 0) is 37.5 Å². The maximum atomic E-state index is 5.95. The van der Waals surface area contributed by atoms with Gasteiger partial charge in [0.15, 0.2) is 0 Å². The average molecular weight is 260 g/mol. The molecule has 0 saturated heterocycles. The topological polar surface area (TPSA) is 9.23 Å². The van der Waals surface area contributed by atoms with E-state index in [1.54, 1.807) is 0 Å². The molecule has 0 N–H and O–H groups in total. The maximum Gasteiger partial charge on any atom is 0.241 e. The van der Waals surface area contributed by atoms with Gasteiger partial charge in [0.05, 0.1) is 5.76 Å². The summed E-state index contributed by atoms with van der Waals surface area (Å²) in [5.41, 5.74) is 1.33. The molecule has 0 fully saturated rings. The first-order valence-electron chi connectivity index (χ1n) is 6.45. The molecule has 0 heterocycles. The molecule has 1 rings (SSSR count). The van der Waals surface area contributed by atoms with Crippen LogP contribution in [0.15, 0.2) is 55.3 Å². The number of allylic oxidation sites excluding steroid dienone is 2. The second-order valence-corrected chi connectivity index (χ2v) is 10.0. The number of hydrogen-bond acceptors (Lipinski definition) is 1. The molecule has 1 aromatic carbocycles. The van der Waals surface area contributed by atoms with E-state index in [2.05, 4.69) is 57.1 Å². The Morgan fingerprint density at radius 1 is 1.28 bits per heavy atom. The number of benzene rings is 1. The van der Waals surface area contributed by atoms with Gasteiger partial charge in [-0.2, -0.15) is 0 Å². The second-order valence-electron chi connectivity index (χ2n) is 5.59. The highest BCUT2D eigenvalue weighted by atomic mass is 28.4. The average Bonchev–Trinajstić information content (AvgIpc) is 2.27. The van der Waals surface area contributed by atoms with Gasteiger partial charge in [0.1, 0.15) is 0 Å². The van der Waals surface area contributed by atoms with Crippen LogP contribution in [0.2, 0.25) is 19.6 Å². The molecule has 2 heteroatoms. The molecule has 0 aliphatic rings. The van der Waals surface area contributed by atoms with Gasteiger partial charge in [0, 0.05) is 6.42 Å². The smallest absolute Gasteiger partial charge is 0.241 e. The Bertz CT molecular complexity index is 389. The highest BCUT2D eigenvalue weighted by Crippen LogP contribution is 2.28. The van der Waals surface area contributed by atoms with Crippen LogP contribution in [0.4, 0.5) is 0 Å². The van der Waals surface area contributed by atoms with E-state index in [-0.39, 0.29) is 0 Å². The minimum Gasteiger partial charge on any atom is -0.548 e. The van der Waals surface area contributed by atoms with Gasteiger partial charge in [0.2, 0.25) is 8.32 Å². The van der Waals surface area contributed by atoms with Crippen molar-refractivity contribution in [2.75, 3.05) is 0 Å². The summed E-state index contributed by atoms with van der Waals surface area (Å²) >= 11 is 0. The van der Waals surface area contributed by atoms with Crippen LogP contribution in [-0.4, -0.2) is 8.32 Å².